The minimum absolute atomic E-state index is 0.272. The van der Waals surface area contributed by atoms with Crippen LogP contribution in [0.1, 0.15) is 25.5 Å². The molecule has 8 heteroatoms. The van der Waals surface area contributed by atoms with Crippen LogP contribution >= 0.6 is 23.5 Å². The second-order valence-electron chi connectivity index (χ2n) is 5.59. The number of ether oxygens (including phenoxy) is 1. The summed E-state index contributed by atoms with van der Waals surface area (Å²) in [5, 5.41) is 9.94. The molecular weight excluding hydrogens is 368 g/mol. The van der Waals surface area contributed by atoms with Gasteiger partial charge in [-0.3, -0.25) is 4.90 Å². The van der Waals surface area contributed by atoms with Crippen LogP contribution < -0.4 is 5.73 Å². The molecule has 1 aromatic carbocycles. The smallest absolute Gasteiger partial charge is 0.338 e. The Balaban J connectivity index is 2.15. The molecule has 0 saturated heterocycles. The molecule has 0 saturated carbocycles. The summed E-state index contributed by atoms with van der Waals surface area (Å²) in [6, 6.07) is 9.55. The Kier molecular flexibility index (Phi) is 5.30. The number of benzene rings is 1. The summed E-state index contributed by atoms with van der Waals surface area (Å²) in [6.45, 7) is 3.82. The van der Waals surface area contributed by atoms with Gasteiger partial charge in [-0.1, -0.05) is 12.1 Å². The van der Waals surface area contributed by atoms with Crippen molar-refractivity contribution in [2.75, 3.05) is 12.9 Å². The molecule has 2 aliphatic rings. The van der Waals surface area contributed by atoms with E-state index in [0.29, 0.717) is 27.2 Å². The van der Waals surface area contributed by atoms with Crippen LogP contribution in [0.5, 0.6) is 0 Å². The van der Waals surface area contributed by atoms with Gasteiger partial charge >= 0.3 is 5.97 Å². The van der Waals surface area contributed by atoms with E-state index in [4.69, 9.17) is 10.5 Å². The van der Waals surface area contributed by atoms with Crippen LogP contribution in [0, 0.1) is 11.3 Å². The van der Waals surface area contributed by atoms with E-state index in [9.17, 15) is 10.1 Å². The van der Waals surface area contributed by atoms with Gasteiger partial charge < -0.3 is 10.5 Å². The molecule has 0 amide bonds. The van der Waals surface area contributed by atoms with E-state index in [1.54, 1.807) is 30.5 Å². The van der Waals surface area contributed by atoms with Gasteiger partial charge in [0.2, 0.25) is 0 Å². The van der Waals surface area contributed by atoms with Gasteiger partial charge in [0.25, 0.3) is 0 Å². The third kappa shape index (κ3) is 3.08. The molecule has 134 valence electrons. The first-order valence-electron chi connectivity index (χ1n) is 7.99. The van der Waals surface area contributed by atoms with Gasteiger partial charge in [-0.15, -0.1) is 11.8 Å². The third-order valence-electron chi connectivity index (χ3n) is 4.10. The number of esters is 1. The molecule has 0 spiro atoms. The van der Waals surface area contributed by atoms with Crippen molar-refractivity contribution in [2.45, 2.75) is 24.8 Å². The van der Waals surface area contributed by atoms with Crippen LogP contribution in [-0.4, -0.2) is 28.9 Å². The van der Waals surface area contributed by atoms with Gasteiger partial charge in [-0.2, -0.15) is 5.26 Å². The van der Waals surface area contributed by atoms with E-state index < -0.39 is 12.0 Å². The van der Waals surface area contributed by atoms with Crippen molar-refractivity contribution in [3.63, 3.8) is 0 Å². The average molecular weight is 387 g/mol. The number of amidine groups is 1. The Labute approximate surface area is 160 Å². The van der Waals surface area contributed by atoms with Crippen molar-refractivity contribution in [3.8, 4) is 6.07 Å². The Morgan fingerprint density at radius 1 is 1.46 bits per heavy atom. The van der Waals surface area contributed by atoms with Gasteiger partial charge in [0.1, 0.15) is 16.8 Å². The van der Waals surface area contributed by atoms with E-state index >= 15 is 0 Å². The van der Waals surface area contributed by atoms with Gasteiger partial charge in [0.05, 0.1) is 23.9 Å². The summed E-state index contributed by atoms with van der Waals surface area (Å²) < 4.78 is 5.26. The first-order chi connectivity index (χ1) is 12.5. The highest BCUT2D eigenvalue weighted by molar-refractivity contribution is 8.17. The molecule has 26 heavy (non-hydrogen) atoms. The molecule has 2 N–H and O–H groups in total. The molecule has 2 heterocycles. The summed E-state index contributed by atoms with van der Waals surface area (Å²) in [6.07, 6.45) is 2.01. The molecule has 1 atom stereocenters. The normalized spacial score (nSPS) is 19.2. The number of fused-ring (bicyclic) bond motifs is 1. The van der Waals surface area contributed by atoms with Crippen molar-refractivity contribution >= 4 is 34.7 Å². The maximum Gasteiger partial charge on any atom is 0.338 e. The van der Waals surface area contributed by atoms with Crippen molar-refractivity contribution in [1.29, 1.82) is 5.26 Å². The van der Waals surface area contributed by atoms with Crippen LogP contribution in [-0.2, 0) is 9.53 Å². The molecule has 0 aliphatic carbocycles. The molecule has 0 bridgehead atoms. The molecule has 0 fully saturated rings. The maximum absolute atomic E-state index is 12.7. The predicted octanol–water partition coefficient (Wildman–Crippen LogP) is 3.36. The fraction of sp³-hybridized carbons (Fsp3) is 0.278. The van der Waals surface area contributed by atoms with Crippen LogP contribution in [0.3, 0.4) is 0 Å². The second kappa shape index (κ2) is 7.48. The molecule has 0 aromatic heterocycles. The third-order valence-corrected chi connectivity index (χ3v) is 5.82. The summed E-state index contributed by atoms with van der Waals surface area (Å²) in [5.41, 5.74) is 8.12. The van der Waals surface area contributed by atoms with E-state index in [1.165, 1.54) is 11.8 Å². The molecular formula is C18H18N4O2S2. The van der Waals surface area contributed by atoms with Crippen LogP contribution in [0.15, 0.2) is 56.1 Å². The highest BCUT2D eigenvalue weighted by Crippen LogP contribution is 2.45. The largest absolute Gasteiger partial charge is 0.463 e. The van der Waals surface area contributed by atoms with Gasteiger partial charge in [0.15, 0.2) is 5.17 Å². The molecule has 1 unspecified atom stereocenters. The van der Waals surface area contributed by atoms with Crippen molar-refractivity contribution < 1.29 is 9.53 Å². The fourth-order valence-corrected chi connectivity index (χ4v) is 4.24. The molecule has 0 radical (unpaired) electrons. The summed E-state index contributed by atoms with van der Waals surface area (Å²) in [5.74, 6) is -0.112. The van der Waals surface area contributed by atoms with Crippen molar-refractivity contribution in [2.24, 2.45) is 10.7 Å². The number of carbonyl (C=O) groups excluding carboxylic acids is 1. The first-order valence-corrected chi connectivity index (χ1v) is 10.0. The highest BCUT2D eigenvalue weighted by Gasteiger charge is 2.42. The number of hydrogen-bond donors (Lipinski definition) is 1. The number of nitrogens with zero attached hydrogens (tertiary/aromatic N) is 3. The monoisotopic (exact) mass is 386 g/mol. The summed E-state index contributed by atoms with van der Waals surface area (Å²) in [4.78, 5) is 20.4. The molecule has 3 rings (SSSR count). The fourth-order valence-electron chi connectivity index (χ4n) is 2.91. The van der Waals surface area contributed by atoms with E-state index in [-0.39, 0.29) is 6.61 Å². The minimum Gasteiger partial charge on any atom is -0.463 e. The van der Waals surface area contributed by atoms with Gasteiger partial charge in [0, 0.05) is 4.90 Å². The zero-order chi connectivity index (χ0) is 18.8. The lowest BCUT2D eigenvalue weighted by Gasteiger charge is -2.34. The zero-order valence-electron chi connectivity index (χ0n) is 14.6. The second-order valence-corrected chi connectivity index (χ2v) is 7.45. The Morgan fingerprint density at radius 2 is 2.15 bits per heavy atom. The van der Waals surface area contributed by atoms with Gasteiger partial charge in [-0.25, -0.2) is 9.79 Å². The van der Waals surface area contributed by atoms with Crippen LogP contribution in [0.2, 0.25) is 0 Å². The predicted molar refractivity (Wildman–Crippen MR) is 104 cm³/mol. The Morgan fingerprint density at radius 3 is 2.73 bits per heavy atom. The Hall–Kier alpha value is -2.37. The molecule has 1 aromatic rings. The van der Waals surface area contributed by atoms with Crippen LogP contribution in [0.4, 0.5) is 0 Å². The van der Waals surface area contributed by atoms with E-state index in [1.807, 2.05) is 30.5 Å². The SMILES string of the molecule is CCOC(=O)C1=C(C)N=C2SC(C#N)=C(N)N2C1c1ccc(SC)cc1. The van der Waals surface area contributed by atoms with Crippen molar-refractivity contribution in [3.05, 3.63) is 51.8 Å². The Bertz CT molecular complexity index is 881. The molecule has 2 aliphatic heterocycles. The van der Waals surface area contributed by atoms with E-state index in [2.05, 4.69) is 11.1 Å². The molecule has 6 nitrogen and oxygen atoms in total. The number of nitriles is 1. The zero-order valence-corrected chi connectivity index (χ0v) is 16.3. The number of nitrogens with two attached hydrogens (primary N) is 1. The lowest BCUT2D eigenvalue weighted by molar-refractivity contribution is -0.139. The lowest BCUT2D eigenvalue weighted by Crippen LogP contribution is -2.38. The highest BCUT2D eigenvalue weighted by atomic mass is 32.2. The number of hydrogen-bond acceptors (Lipinski definition) is 8. The summed E-state index contributed by atoms with van der Waals surface area (Å²) >= 11 is 2.86. The standard InChI is InChI=1S/C18H18N4O2S2/c1-4-24-17(23)14-10(2)21-18-22(16(20)13(9-19)26-18)15(14)11-5-7-12(25-3)8-6-11/h5-8,15H,4,20H2,1-3H3. The van der Waals surface area contributed by atoms with Crippen molar-refractivity contribution in [1.82, 2.24) is 4.90 Å². The van der Waals surface area contributed by atoms with Gasteiger partial charge in [-0.05, 0) is 49.6 Å². The number of allylic oxidation sites excluding steroid dienone is 2. The average Bonchev–Trinajstić information content (AvgIpc) is 2.96. The maximum atomic E-state index is 12.7. The van der Waals surface area contributed by atoms with E-state index in [0.717, 1.165) is 10.5 Å². The number of rotatable bonds is 4. The topological polar surface area (TPSA) is 91.7 Å². The number of aliphatic imine (C=N–C) groups is 1. The lowest BCUT2D eigenvalue weighted by atomic mass is 9.94. The minimum atomic E-state index is -0.476. The quantitative estimate of drug-likeness (QED) is 0.626. The summed E-state index contributed by atoms with van der Waals surface area (Å²) in [7, 11) is 0. The number of carbonyl (C=O) groups is 1. The number of thioether (sulfide) groups is 2. The van der Waals surface area contributed by atoms with Crippen LogP contribution in [0.25, 0.3) is 0 Å². The first kappa shape index (κ1) is 18.4.